The highest BCUT2D eigenvalue weighted by atomic mass is 28.3. The quantitative estimate of drug-likeness (QED) is 0.0550. The molecule has 0 spiro atoms. The zero-order valence-electron chi connectivity index (χ0n) is 46.8. The summed E-state index contributed by atoms with van der Waals surface area (Å²) in [7, 11) is 0.0611. The summed E-state index contributed by atoms with van der Waals surface area (Å²) < 4.78 is 36.5. The van der Waals surface area contributed by atoms with Gasteiger partial charge in [0.1, 0.15) is 25.5 Å². The normalized spacial score (nSPS) is 17.9. The molecule has 17 nitrogen and oxygen atoms in total. The summed E-state index contributed by atoms with van der Waals surface area (Å²) in [5, 5.41) is 10.4. The van der Waals surface area contributed by atoms with E-state index < -0.39 is 40.2 Å². The molecule has 418 valence electrons. The molecule has 0 fully saturated rings. The molecular weight excluding hydrogens is 1040 g/mol. The number of hydrogen-bond donors (Lipinski definition) is 1. The van der Waals surface area contributed by atoms with Crippen molar-refractivity contribution >= 4 is 57.2 Å². The topological polar surface area (TPSA) is 177 Å². The number of amides is 5. The van der Waals surface area contributed by atoms with Gasteiger partial charge in [0.25, 0.3) is 23.6 Å². The zero-order chi connectivity index (χ0) is 56.3. The number of ether oxygens (including phenoxy) is 6. The van der Waals surface area contributed by atoms with E-state index >= 15 is 0 Å². The van der Waals surface area contributed by atoms with E-state index in [1.54, 1.807) is 48.8 Å². The maximum absolute atomic E-state index is 14.8. The minimum atomic E-state index is -1.50. The molecule has 5 aliphatic rings. The summed E-state index contributed by atoms with van der Waals surface area (Å²) in [5.41, 5.74) is 7.25. The zero-order valence-corrected chi connectivity index (χ0v) is 48.8. The smallest absolute Gasteiger partial charge is 0.407 e. The van der Waals surface area contributed by atoms with E-state index in [0.29, 0.717) is 65.8 Å². The van der Waals surface area contributed by atoms with Crippen LogP contribution < -0.4 is 28.7 Å². The van der Waals surface area contributed by atoms with Crippen LogP contribution in [0, 0.1) is 0 Å². The van der Waals surface area contributed by atoms with Crippen LogP contribution in [-0.2, 0) is 19.1 Å². The first-order chi connectivity index (χ1) is 37.7. The fraction of sp³-hybridized carbons (Fsp3) is 0.417. The van der Waals surface area contributed by atoms with Crippen LogP contribution in [0.15, 0.2) is 108 Å². The number of hydrogen-bond acceptors (Lipinski definition) is 11. The van der Waals surface area contributed by atoms with Gasteiger partial charge in [-0.15, -0.1) is 0 Å². The molecular formula is C60H73N5O12Si2. The lowest BCUT2D eigenvalue weighted by molar-refractivity contribution is -0.123. The Bertz CT molecular complexity index is 3060. The number of rotatable bonds is 23. The van der Waals surface area contributed by atoms with Gasteiger partial charge in [0, 0.05) is 85.7 Å². The molecule has 0 radical (unpaired) electrons. The second-order valence-electron chi connectivity index (χ2n) is 23.2. The number of allylic oxidation sites excluding steroid dienone is 1. The van der Waals surface area contributed by atoms with Crippen molar-refractivity contribution < 1.29 is 57.5 Å². The first-order valence-electron chi connectivity index (χ1n) is 27.1. The van der Waals surface area contributed by atoms with Gasteiger partial charge in [0.05, 0.1) is 49.9 Å². The number of carboxylic acid groups (broad SMARTS) is 1. The van der Waals surface area contributed by atoms with Crippen LogP contribution in [0.3, 0.4) is 0 Å². The molecule has 2 atom stereocenters. The van der Waals surface area contributed by atoms with E-state index in [-0.39, 0.29) is 81.1 Å². The van der Waals surface area contributed by atoms with Gasteiger partial charge in [0.15, 0.2) is 23.0 Å². The molecule has 9 rings (SSSR count). The third-order valence-corrected chi connectivity index (χ3v) is 18.4. The average molecular weight is 1110 g/mol. The Morgan fingerprint density at radius 3 is 1.61 bits per heavy atom. The Kier molecular flexibility index (Phi) is 16.9. The molecule has 1 N–H and O–H groups in total. The number of anilines is 2. The molecule has 4 heterocycles. The third-order valence-electron chi connectivity index (χ3n) is 15.0. The van der Waals surface area contributed by atoms with E-state index in [2.05, 4.69) is 63.5 Å². The van der Waals surface area contributed by atoms with Crippen molar-refractivity contribution in [1.82, 2.24) is 14.7 Å². The molecule has 1 aliphatic carbocycles. The number of fused-ring (bicyclic) bond motifs is 7. The lowest BCUT2D eigenvalue weighted by Crippen LogP contribution is -2.45. The molecule has 4 aromatic carbocycles. The Balaban J connectivity index is 0.905. The highest BCUT2D eigenvalue weighted by Crippen LogP contribution is 2.46. The molecule has 0 aromatic heterocycles. The Morgan fingerprint density at radius 1 is 0.646 bits per heavy atom. The van der Waals surface area contributed by atoms with Crippen molar-refractivity contribution in [1.29, 1.82) is 0 Å². The molecule has 0 saturated carbocycles. The Labute approximate surface area is 464 Å². The summed E-state index contributed by atoms with van der Waals surface area (Å²) in [5.74, 6) is -0.184. The number of carbonyl (C=O) groups excluding carboxylic acids is 4. The monoisotopic (exact) mass is 1110 g/mol. The van der Waals surface area contributed by atoms with Crippen LogP contribution in [0.1, 0.15) is 63.9 Å². The standard InChI is InChI=1S/C60H73N5O12Si2/c1-39-28-50-58(68)64(37-74-24-26-78(4,5)6)48-32-54(52(72-2)30-45(48)56(66)62(50)34-39)76-22-15-23-77-55-33-49-46(31-53(55)73-3)57(67)63-35-40(29-51(63)59(69)65(49)38-75-25-27-79(7,8)9)16-14-21-61(60(70)71)36-47-43-19-12-10-17-41(43)42-18-11-13-20-44(42)47/h10-14,16-20,30-35,47,50-51H,15,21-29,36-38H2,1-9H3,(H,70,71)/b16-14+/t50-,51-/m0/s1. The largest absolute Gasteiger partial charge is 0.493 e. The summed E-state index contributed by atoms with van der Waals surface area (Å²) in [4.78, 5) is 77.8. The fourth-order valence-corrected chi connectivity index (χ4v) is 12.2. The van der Waals surface area contributed by atoms with Crippen molar-refractivity contribution in [2.24, 2.45) is 0 Å². The second kappa shape index (κ2) is 23.6. The molecule has 79 heavy (non-hydrogen) atoms. The van der Waals surface area contributed by atoms with Gasteiger partial charge in [-0.25, -0.2) is 4.79 Å². The van der Waals surface area contributed by atoms with Gasteiger partial charge in [-0.2, -0.15) is 0 Å². The van der Waals surface area contributed by atoms with Crippen molar-refractivity contribution in [3.63, 3.8) is 0 Å². The third kappa shape index (κ3) is 12.3. The number of nitrogens with zero attached hydrogens (tertiary/aromatic N) is 5. The number of carbonyl (C=O) groups is 5. The molecule has 0 unspecified atom stereocenters. The van der Waals surface area contributed by atoms with Gasteiger partial charge in [-0.05, 0) is 65.4 Å². The van der Waals surface area contributed by atoms with Gasteiger partial charge < -0.3 is 48.2 Å². The minimum Gasteiger partial charge on any atom is -0.493 e. The van der Waals surface area contributed by atoms with Gasteiger partial charge in [-0.1, -0.05) is 106 Å². The van der Waals surface area contributed by atoms with Gasteiger partial charge in [0.2, 0.25) is 0 Å². The molecule has 0 bridgehead atoms. The SMILES string of the molecule is COc1cc2c(cc1OCCCOc1cc3c(cc1OC)C(=O)N1C=C(/C=C/CN(CC4c5ccccc5-c5ccccc54)C(=O)O)C[C@H]1C(=O)N3COCC[Si](C)(C)C)N(COCC[Si](C)(C)C)C(=O)[C@@H]1CC(C)=CN1C2=O. The van der Waals surface area contributed by atoms with Crippen molar-refractivity contribution in [3.8, 4) is 34.1 Å². The van der Waals surface area contributed by atoms with E-state index in [1.807, 2.05) is 31.2 Å². The van der Waals surface area contributed by atoms with Crippen LogP contribution in [0.4, 0.5) is 16.2 Å². The Hall–Kier alpha value is -7.20. The molecule has 4 aliphatic heterocycles. The van der Waals surface area contributed by atoms with Crippen molar-refractivity contribution in [2.45, 2.75) is 95.6 Å². The number of methoxy groups -OCH3 is 2. The predicted molar refractivity (Wildman–Crippen MR) is 308 cm³/mol. The molecule has 19 heteroatoms. The lowest BCUT2D eigenvalue weighted by Gasteiger charge is -2.27. The second-order valence-corrected chi connectivity index (χ2v) is 34.4. The Morgan fingerprint density at radius 2 is 1.13 bits per heavy atom. The highest BCUT2D eigenvalue weighted by molar-refractivity contribution is 6.76. The minimum absolute atomic E-state index is 0.0228. The van der Waals surface area contributed by atoms with Crippen LogP contribution >= 0.6 is 0 Å². The summed E-state index contributed by atoms with van der Waals surface area (Å²) in [6.45, 7) is 16.9. The van der Waals surface area contributed by atoms with Crippen LogP contribution in [0.5, 0.6) is 23.0 Å². The summed E-state index contributed by atoms with van der Waals surface area (Å²) in [6, 6.07) is 22.9. The molecule has 0 saturated heterocycles. The van der Waals surface area contributed by atoms with Gasteiger partial charge >= 0.3 is 6.09 Å². The van der Waals surface area contributed by atoms with E-state index in [9.17, 15) is 29.1 Å². The van der Waals surface area contributed by atoms with E-state index in [4.69, 9.17) is 28.4 Å². The first-order valence-corrected chi connectivity index (χ1v) is 34.5. The highest BCUT2D eigenvalue weighted by Gasteiger charge is 2.45. The van der Waals surface area contributed by atoms with Crippen molar-refractivity contribution in [3.05, 3.63) is 131 Å². The maximum Gasteiger partial charge on any atom is 0.407 e. The maximum atomic E-state index is 14.8. The van der Waals surface area contributed by atoms with Crippen LogP contribution in [0.2, 0.25) is 51.4 Å². The van der Waals surface area contributed by atoms with Crippen LogP contribution in [-0.4, -0.2) is 145 Å². The fourth-order valence-electron chi connectivity index (χ4n) is 10.7. The number of benzene rings is 4. The van der Waals surface area contributed by atoms with Crippen molar-refractivity contribution in [2.75, 3.05) is 77.0 Å². The average Bonchev–Trinajstić information content (AvgIpc) is 4.27. The van der Waals surface area contributed by atoms with Gasteiger partial charge in [-0.3, -0.25) is 29.0 Å². The summed E-state index contributed by atoms with van der Waals surface area (Å²) >= 11 is 0. The summed E-state index contributed by atoms with van der Waals surface area (Å²) in [6.07, 6.45) is 6.93. The van der Waals surface area contributed by atoms with Crippen LogP contribution in [0.25, 0.3) is 11.1 Å². The predicted octanol–water partition coefficient (Wildman–Crippen LogP) is 10.4. The van der Waals surface area contributed by atoms with E-state index in [1.165, 1.54) is 38.7 Å². The first kappa shape index (κ1) is 56.5. The molecule has 5 amide bonds. The lowest BCUT2D eigenvalue weighted by atomic mass is 9.96. The van der Waals surface area contributed by atoms with E-state index in [0.717, 1.165) is 39.9 Å². The molecule has 4 aromatic rings.